The number of imide groups is 1. The third kappa shape index (κ3) is 3.42. The Morgan fingerprint density at radius 2 is 1.86 bits per heavy atom. The van der Waals surface area contributed by atoms with Crippen LogP contribution in [0.5, 0.6) is 0 Å². The molecule has 0 spiro atoms. The average molecular weight is 418 g/mol. The lowest BCUT2D eigenvalue weighted by Gasteiger charge is -2.35. The van der Waals surface area contributed by atoms with Crippen molar-refractivity contribution in [3.63, 3.8) is 0 Å². The number of hydrogen-bond donors (Lipinski definition) is 0. The first-order chi connectivity index (χ1) is 13.8. The van der Waals surface area contributed by atoms with Crippen molar-refractivity contribution >= 4 is 27.5 Å². The number of sulfone groups is 1. The van der Waals surface area contributed by atoms with Crippen molar-refractivity contribution in [1.29, 1.82) is 0 Å². The zero-order valence-electron chi connectivity index (χ0n) is 16.2. The van der Waals surface area contributed by atoms with Gasteiger partial charge in [0.2, 0.25) is 0 Å². The van der Waals surface area contributed by atoms with Crippen LogP contribution >= 0.6 is 0 Å². The molecule has 0 saturated carbocycles. The van der Waals surface area contributed by atoms with E-state index in [1.165, 1.54) is 4.90 Å². The molecule has 1 aromatic carbocycles. The molecule has 9 nitrogen and oxygen atoms in total. The monoisotopic (exact) mass is 418 g/mol. The molecule has 4 rings (SSSR count). The first kappa shape index (κ1) is 19.6. The highest BCUT2D eigenvalue weighted by atomic mass is 32.2. The smallest absolute Gasteiger partial charge is 0.332 e. The Kier molecular flexibility index (Phi) is 4.91. The molecule has 2 aliphatic heterocycles. The van der Waals surface area contributed by atoms with Crippen LogP contribution in [0.1, 0.15) is 11.5 Å². The molecule has 29 heavy (non-hydrogen) atoms. The lowest BCUT2D eigenvalue weighted by Crippen LogP contribution is -2.53. The first-order valence-electron chi connectivity index (χ1n) is 9.37. The quantitative estimate of drug-likeness (QED) is 0.673. The molecule has 0 N–H and O–H groups in total. The topological polar surface area (TPSA) is 104 Å². The van der Waals surface area contributed by atoms with E-state index in [0.29, 0.717) is 43.3 Å². The Bertz CT molecular complexity index is 1030. The minimum absolute atomic E-state index is 0.0422. The van der Waals surface area contributed by atoms with E-state index in [4.69, 9.17) is 4.52 Å². The number of rotatable bonds is 5. The number of carbonyl (C=O) groups is 2. The number of amides is 3. The standard InChI is InChI=1S/C19H22N4O5S/c1-13-17(14(2)28-20-13)23-18(24)16-12-21(8-9-22(16)19(23)25)10-11-29(26,27)15-6-4-3-5-7-15/h3-7,16H,8-12H2,1-2H3. The fourth-order valence-electron chi connectivity index (χ4n) is 3.85. The van der Waals surface area contributed by atoms with Gasteiger partial charge in [0, 0.05) is 26.2 Å². The molecule has 1 atom stereocenters. The van der Waals surface area contributed by atoms with Gasteiger partial charge in [-0.15, -0.1) is 0 Å². The number of aryl methyl sites for hydroxylation is 2. The second kappa shape index (κ2) is 7.27. The first-order valence-corrected chi connectivity index (χ1v) is 11.0. The molecule has 1 unspecified atom stereocenters. The van der Waals surface area contributed by atoms with E-state index in [1.54, 1.807) is 44.2 Å². The fraction of sp³-hybridized carbons (Fsp3) is 0.421. The summed E-state index contributed by atoms with van der Waals surface area (Å²) in [6.45, 7) is 4.82. The number of urea groups is 1. The normalized spacial score (nSPS) is 20.4. The van der Waals surface area contributed by atoms with Crippen LogP contribution in [0.25, 0.3) is 0 Å². The van der Waals surface area contributed by atoms with Gasteiger partial charge in [-0.2, -0.15) is 0 Å². The SMILES string of the molecule is Cc1noc(C)c1N1C(=O)C2CN(CCS(=O)(=O)c3ccccc3)CCN2C1=O. The summed E-state index contributed by atoms with van der Waals surface area (Å²) in [5, 5.41) is 3.83. The van der Waals surface area contributed by atoms with E-state index in [9.17, 15) is 18.0 Å². The Morgan fingerprint density at radius 3 is 2.52 bits per heavy atom. The Hall–Kier alpha value is -2.72. The van der Waals surface area contributed by atoms with Crippen LogP contribution in [-0.4, -0.2) is 73.3 Å². The summed E-state index contributed by atoms with van der Waals surface area (Å²) < 4.78 is 30.1. The molecule has 1 aromatic heterocycles. The van der Waals surface area contributed by atoms with Crippen molar-refractivity contribution in [3.8, 4) is 0 Å². The van der Waals surface area contributed by atoms with Crippen LogP contribution < -0.4 is 4.90 Å². The highest BCUT2D eigenvalue weighted by Gasteiger charge is 2.49. The molecule has 2 aromatic rings. The zero-order valence-corrected chi connectivity index (χ0v) is 17.1. The lowest BCUT2D eigenvalue weighted by molar-refractivity contribution is -0.121. The molecule has 0 bridgehead atoms. The molecule has 10 heteroatoms. The molecule has 0 aliphatic carbocycles. The number of hydrogen-bond acceptors (Lipinski definition) is 7. The predicted molar refractivity (Wildman–Crippen MR) is 104 cm³/mol. The summed E-state index contributed by atoms with van der Waals surface area (Å²) >= 11 is 0. The number of benzene rings is 1. The summed E-state index contributed by atoms with van der Waals surface area (Å²) in [5.41, 5.74) is 0.877. The molecule has 2 saturated heterocycles. The van der Waals surface area contributed by atoms with Crippen LogP contribution in [0.4, 0.5) is 10.5 Å². The average Bonchev–Trinajstić information content (AvgIpc) is 3.16. The van der Waals surface area contributed by atoms with Crippen molar-refractivity contribution in [2.45, 2.75) is 24.8 Å². The van der Waals surface area contributed by atoms with Crippen LogP contribution in [0.2, 0.25) is 0 Å². The summed E-state index contributed by atoms with van der Waals surface area (Å²) in [5.74, 6) is 0.0364. The van der Waals surface area contributed by atoms with Gasteiger partial charge < -0.3 is 9.42 Å². The number of aromatic nitrogens is 1. The van der Waals surface area contributed by atoms with Gasteiger partial charge in [0.1, 0.15) is 17.4 Å². The highest BCUT2D eigenvalue weighted by molar-refractivity contribution is 7.91. The summed E-state index contributed by atoms with van der Waals surface area (Å²) in [6, 6.07) is 7.29. The lowest BCUT2D eigenvalue weighted by atomic mass is 10.2. The third-order valence-corrected chi connectivity index (χ3v) is 7.12. The molecule has 2 aliphatic rings. The van der Waals surface area contributed by atoms with Gasteiger partial charge in [-0.3, -0.25) is 9.69 Å². The number of anilines is 1. The molecule has 3 amide bonds. The zero-order chi connectivity index (χ0) is 20.8. The fourth-order valence-corrected chi connectivity index (χ4v) is 5.16. The van der Waals surface area contributed by atoms with E-state index in [0.717, 1.165) is 4.90 Å². The Labute approximate surface area is 168 Å². The summed E-state index contributed by atoms with van der Waals surface area (Å²) in [4.78, 5) is 30.7. The molecule has 154 valence electrons. The second-order valence-corrected chi connectivity index (χ2v) is 9.38. The molecule has 3 heterocycles. The maximum atomic E-state index is 13.0. The summed E-state index contributed by atoms with van der Waals surface area (Å²) in [7, 11) is -3.40. The van der Waals surface area contributed by atoms with Gasteiger partial charge in [0.05, 0.1) is 10.6 Å². The van der Waals surface area contributed by atoms with Crippen molar-refractivity contribution in [3.05, 3.63) is 41.8 Å². The summed E-state index contributed by atoms with van der Waals surface area (Å²) in [6.07, 6.45) is 0. The van der Waals surface area contributed by atoms with E-state index < -0.39 is 15.9 Å². The highest BCUT2D eigenvalue weighted by Crippen LogP contribution is 2.32. The van der Waals surface area contributed by atoms with E-state index in [-0.39, 0.29) is 22.6 Å². The van der Waals surface area contributed by atoms with Crippen LogP contribution in [0.15, 0.2) is 39.8 Å². The van der Waals surface area contributed by atoms with Crippen LogP contribution in [-0.2, 0) is 14.6 Å². The number of nitrogens with zero attached hydrogens (tertiary/aromatic N) is 4. The number of piperazine rings is 1. The van der Waals surface area contributed by atoms with Gasteiger partial charge in [0.25, 0.3) is 5.91 Å². The van der Waals surface area contributed by atoms with Crippen molar-refractivity contribution in [2.75, 3.05) is 36.8 Å². The maximum absolute atomic E-state index is 13.0. The van der Waals surface area contributed by atoms with Gasteiger partial charge in [-0.25, -0.2) is 18.1 Å². The minimum atomic E-state index is -3.40. The van der Waals surface area contributed by atoms with Gasteiger partial charge in [-0.1, -0.05) is 23.4 Å². The second-order valence-electron chi connectivity index (χ2n) is 7.27. The molecule has 0 radical (unpaired) electrons. The van der Waals surface area contributed by atoms with Crippen molar-refractivity contribution in [1.82, 2.24) is 15.0 Å². The largest absolute Gasteiger partial charge is 0.359 e. The van der Waals surface area contributed by atoms with E-state index in [2.05, 4.69) is 5.16 Å². The maximum Gasteiger partial charge on any atom is 0.332 e. The van der Waals surface area contributed by atoms with Crippen molar-refractivity contribution in [2.24, 2.45) is 0 Å². The molecular formula is C19H22N4O5S. The van der Waals surface area contributed by atoms with Crippen molar-refractivity contribution < 1.29 is 22.5 Å². The minimum Gasteiger partial charge on any atom is -0.359 e. The number of carbonyl (C=O) groups excluding carboxylic acids is 2. The van der Waals surface area contributed by atoms with Gasteiger partial charge in [-0.05, 0) is 26.0 Å². The Balaban J connectivity index is 1.46. The van der Waals surface area contributed by atoms with Crippen LogP contribution in [0.3, 0.4) is 0 Å². The Morgan fingerprint density at radius 1 is 1.14 bits per heavy atom. The van der Waals surface area contributed by atoms with Crippen LogP contribution in [0, 0.1) is 13.8 Å². The van der Waals surface area contributed by atoms with E-state index >= 15 is 0 Å². The van der Waals surface area contributed by atoms with E-state index in [1.807, 2.05) is 4.90 Å². The predicted octanol–water partition coefficient (Wildman–Crippen LogP) is 1.22. The molecule has 2 fully saturated rings. The molecular weight excluding hydrogens is 396 g/mol. The third-order valence-electron chi connectivity index (χ3n) is 5.40. The number of fused-ring (bicyclic) bond motifs is 1. The van der Waals surface area contributed by atoms with Gasteiger partial charge in [0.15, 0.2) is 15.6 Å². The van der Waals surface area contributed by atoms with Gasteiger partial charge >= 0.3 is 6.03 Å².